The topological polar surface area (TPSA) is 65.0 Å². The van der Waals surface area contributed by atoms with Crippen LogP contribution < -0.4 is 4.52 Å². The molecular weight excluding hydrogens is 279 g/mol. The Balaban J connectivity index is 1.88. The van der Waals surface area contributed by atoms with Gasteiger partial charge in [-0.05, 0) is 24.1 Å². The average Bonchev–Trinajstić information content (AvgIpc) is 2.42. The minimum absolute atomic E-state index is 0.0581. The third-order valence-corrected chi connectivity index (χ3v) is 3.24. The van der Waals surface area contributed by atoms with Crippen LogP contribution >= 0.6 is 7.82 Å². The molecule has 0 fully saturated rings. The normalized spacial score (nSPS) is 13.7. The summed E-state index contributed by atoms with van der Waals surface area (Å²) in [7, 11) is -4.30. The Labute approximate surface area is 117 Å². The van der Waals surface area contributed by atoms with Crippen molar-refractivity contribution in [1.29, 1.82) is 0 Å². The molecule has 1 N–H and O–H groups in total. The van der Waals surface area contributed by atoms with Gasteiger partial charge in [-0.15, -0.1) is 4.67 Å². The van der Waals surface area contributed by atoms with Gasteiger partial charge in [0.1, 0.15) is 12.4 Å². The summed E-state index contributed by atoms with van der Waals surface area (Å²) in [5.74, 6) is 0.279. The number of aryl methyl sites for hydroxylation is 1. The van der Waals surface area contributed by atoms with Gasteiger partial charge in [-0.2, -0.15) is 0 Å². The quantitative estimate of drug-likeness (QED) is 0.501. The second-order valence-corrected chi connectivity index (χ2v) is 5.42. The fraction of sp³-hybridized carbons (Fsp3) is 0.143. The van der Waals surface area contributed by atoms with Crippen LogP contribution in [0.4, 0.5) is 0 Å². The van der Waals surface area contributed by atoms with Crippen LogP contribution in [0.25, 0.3) is 0 Å². The summed E-state index contributed by atoms with van der Waals surface area (Å²) < 4.78 is 21.1. The molecule has 0 bridgehead atoms. The third-order valence-electron chi connectivity index (χ3n) is 2.52. The molecule has 6 heteroatoms. The van der Waals surface area contributed by atoms with Crippen LogP contribution in [0.5, 0.6) is 5.75 Å². The standard InChI is InChI=1S/C14H15O5P/c1-12-7-5-6-10-14(12)18-20(15,16)19-17-11-13-8-3-2-4-9-13/h2-10H,11H2,1H3,(H,15,16). The molecule has 0 aliphatic rings. The monoisotopic (exact) mass is 294 g/mol. The number of phosphoric acid groups is 1. The molecule has 0 spiro atoms. The fourth-order valence-electron chi connectivity index (χ4n) is 1.53. The molecule has 0 aliphatic heterocycles. The Bertz CT molecular complexity index is 600. The first kappa shape index (κ1) is 14.8. The molecular formula is C14H15O5P. The van der Waals surface area contributed by atoms with Gasteiger partial charge in [0.25, 0.3) is 0 Å². The molecule has 1 unspecified atom stereocenters. The lowest BCUT2D eigenvalue weighted by atomic mass is 10.2. The third kappa shape index (κ3) is 4.47. The molecule has 0 aromatic heterocycles. The molecule has 0 radical (unpaired) electrons. The van der Waals surface area contributed by atoms with Crippen molar-refractivity contribution >= 4 is 7.82 Å². The van der Waals surface area contributed by atoms with Crippen molar-refractivity contribution in [3.63, 3.8) is 0 Å². The van der Waals surface area contributed by atoms with Gasteiger partial charge < -0.3 is 4.52 Å². The van der Waals surface area contributed by atoms with Crippen LogP contribution in [0.2, 0.25) is 0 Å². The van der Waals surface area contributed by atoms with Crippen LogP contribution in [0, 0.1) is 6.92 Å². The van der Waals surface area contributed by atoms with Gasteiger partial charge in [0.2, 0.25) is 0 Å². The molecule has 0 aliphatic carbocycles. The van der Waals surface area contributed by atoms with E-state index in [0.29, 0.717) is 0 Å². The van der Waals surface area contributed by atoms with Gasteiger partial charge in [0.05, 0.1) is 0 Å². The Hall–Kier alpha value is -1.65. The number of hydrogen-bond donors (Lipinski definition) is 1. The molecule has 2 rings (SSSR count). The molecule has 0 saturated carbocycles. The summed E-state index contributed by atoms with van der Waals surface area (Å²) in [6.07, 6.45) is 0. The van der Waals surface area contributed by atoms with Crippen LogP contribution in [0.1, 0.15) is 11.1 Å². The van der Waals surface area contributed by atoms with Gasteiger partial charge in [-0.3, -0.25) is 4.89 Å². The molecule has 0 amide bonds. The molecule has 1 atom stereocenters. The summed E-state index contributed by atoms with van der Waals surface area (Å²) in [4.78, 5) is 14.3. The van der Waals surface area contributed by atoms with Crippen molar-refractivity contribution in [2.45, 2.75) is 13.5 Å². The van der Waals surface area contributed by atoms with Crippen molar-refractivity contribution in [3.8, 4) is 5.75 Å². The summed E-state index contributed by atoms with van der Waals surface area (Å²) in [6.45, 7) is 1.82. The van der Waals surface area contributed by atoms with E-state index in [4.69, 9.17) is 9.41 Å². The number of para-hydroxylation sites is 1. The van der Waals surface area contributed by atoms with E-state index in [-0.39, 0.29) is 12.4 Å². The lowest BCUT2D eigenvalue weighted by Gasteiger charge is -2.13. The zero-order valence-corrected chi connectivity index (χ0v) is 11.8. The van der Waals surface area contributed by atoms with Gasteiger partial charge in [0.15, 0.2) is 0 Å². The SMILES string of the molecule is Cc1ccccc1OP(=O)(O)OOCc1ccccc1. The Kier molecular flexibility index (Phi) is 4.93. The molecule has 106 valence electrons. The first-order chi connectivity index (χ1) is 9.57. The Morgan fingerprint density at radius 2 is 1.70 bits per heavy atom. The van der Waals surface area contributed by atoms with Gasteiger partial charge >= 0.3 is 7.82 Å². The Morgan fingerprint density at radius 1 is 1.05 bits per heavy atom. The zero-order chi connectivity index (χ0) is 14.4. The number of benzene rings is 2. The smallest absolute Gasteiger partial charge is 0.402 e. The summed E-state index contributed by atoms with van der Waals surface area (Å²) >= 11 is 0. The highest BCUT2D eigenvalue weighted by molar-refractivity contribution is 7.47. The fourth-order valence-corrected chi connectivity index (χ4v) is 2.20. The van der Waals surface area contributed by atoms with E-state index in [2.05, 4.69) is 4.67 Å². The average molecular weight is 294 g/mol. The minimum Gasteiger partial charge on any atom is -0.402 e. The van der Waals surface area contributed by atoms with Gasteiger partial charge in [0, 0.05) is 0 Å². The van der Waals surface area contributed by atoms with Crippen LogP contribution in [-0.4, -0.2) is 4.89 Å². The highest BCUT2D eigenvalue weighted by Crippen LogP contribution is 2.44. The van der Waals surface area contributed by atoms with E-state index in [1.165, 1.54) is 0 Å². The number of hydrogen-bond acceptors (Lipinski definition) is 4. The van der Waals surface area contributed by atoms with E-state index < -0.39 is 7.82 Å². The highest BCUT2D eigenvalue weighted by atomic mass is 31.2. The van der Waals surface area contributed by atoms with Crippen LogP contribution in [0.3, 0.4) is 0 Å². The largest absolute Gasteiger partial charge is 0.555 e. The van der Waals surface area contributed by atoms with E-state index in [9.17, 15) is 9.46 Å². The molecule has 2 aromatic carbocycles. The van der Waals surface area contributed by atoms with Crippen molar-refractivity contribution in [1.82, 2.24) is 0 Å². The number of phosphoric ester groups is 1. The predicted molar refractivity (Wildman–Crippen MR) is 73.9 cm³/mol. The second kappa shape index (κ2) is 6.68. The number of rotatable bonds is 6. The second-order valence-electron chi connectivity index (χ2n) is 4.15. The van der Waals surface area contributed by atoms with Crippen molar-refractivity contribution in [2.24, 2.45) is 0 Å². The summed E-state index contributed by atoms with van der Waals surface area (Å²) in [5, 5.41) is 0. The first-order valence-electron chi connectivity index (χ1n) is 6.00. The van der Waals surface area contributed by atoms with Crippen molar-refractivity contribution < 1.29 is 23.5 Å². The minimum atomic E-state index is -4.30. The van der Waals surface area contributed by atoms with Gasteiger partial charge in [-0.1, -0.05) is 48.5 Å². The van der Waals surface area contributed by atoms with Crippen LogP contribution in [0.15, 0.2) is 54.6 Å². The van der Waals surface area contributed by atoms with E-state index >= 15 is 0 Å². The van der Waals surface area contributed by atoms with E-state index in [1.54, 1.807) is 31.2 Å². The maximum Gasteiger partial charge on any atom is 0.555 e. The molecule has 5 nitrogen and oxygen atoms in total. The zero-order valence-electron chi connectivity index (χ0n) is 10.9. The molecule has 20 heavy (non-hydrogen) atoms. The lowest BCUT2D eigenvalue weighted by molar-refractivity contribution is -0.231. The highest BCUT2D eigenvalue weighted by Gasteiger charge is 2.25. The maximum absolute atomic E-state index is 11.7. The molecule has 0 saturated heterocycles. The van der Waals surface area contributed by atoms with Gasteiger partial charge in [-0.25, -0.2) is 9.45 Å². The Morgan fingerprint density at radius 3 is 2.40 bits per heavy atom. The first-order valence-corrected chi connectivity index (χ1v) is 7.49. The van der Waals surface area contributed by atoms with Crippen molar-refractivity contribution in [2.75, 3.05) is 0 Å². The predicted octanol–water partition coefficient (Wildman–Crippen LogP) is 3.62. The van der Waals surface area contributed by atoms with E-state index in [0.717, 1.165) is 11.1 Å². The van der Waals surface area contributed by atoms with E-state index in [1.807, 2.05) is 30.3 Å². The lowest BCUT2D eigenvalue weighted by Crippen LogP contribution is -2.00. The summed E-state index contributed by atoms with van der Waals surface area (Å²) in [6, 6.07) is 16.0. The maximum atomic E-state index is 11.7. The molecule has 2 aromatic rings. The van der Waals surface area contributed by atoms with Crippen molar-refractivity contribution in [3.05, 3.63) is 65.7 Å². The summed E-state index contributed by atoms with van der Waals surface area (Å²) in [5.41, 5.74) is 1.55. The van der Waals surface area contributed by atoms with Crippen LogP contribution in [-0.2, 0) is 20.7 Å². The molecule has 0 heterocycles.